The first kappa shape index (κ1) is 17.9. The van der Waals surface area contributed by atoms with Crippen LogP contribution < -0.4 is 0 Å². The van der Waals surface area contributed by atoms with E-state index in [1.807, 2.05) is 18.2 Å². The second-order valence-corrected chi connectivity index (χ2v) is 8.89. The van der Waals surface area contributed by atoms with Crippen molar-refractivity contribution in [2.45, 2.75) is 55.5 Å². The van der Waals surface area contributed by atoms with Crippen molar-refractivity contribution in [2.24, 2.45) is 0 Å². The summed E-state index contributed by atoms with van der Waals surface area (Å²) in [5.74, 6) is 2.99. The van der Waals surface area contributed by atoms with Gasteiger partial charge in [0.05, 0.1) is 11.8 Å². The van der Waals surface area contributed by atoms with Gasteiger partial charge in [-0.05, 0) is 57.8 Å². The first-order valence-electron chi connectivity index (χ1n) is 10.00. The van der Waals surface area contributed by atoms with Gasteiger partial charge in [0.15, 0.2) is 16.8 Å². The second-order valence-electron chi connectivity index (χ2n) is 7.58. The Balaban J connectivity index is 1.41. The largest absolute Gasteiger partial charge is 0.338 e. The molecule has 2 aliphatic rings. The highest BCUT2D eigenvalue weighted by molar-refractivity contribution is 7.99. The Morgan fingerprint density at radius 1 is 1.14 bits per heavy atom. The SMILES string of the molecule is CC(Sc1nnc(CN2CCCC2)n1-c1ccccc1)c1nc(C2CC2)no1. The predicted molar refractivity (Wildman–Crippen MR) is 106 cm³/mol. The van der Waals surface area contributed by atoms with E-state index < -0.39 is 0 Å². The van der Waals surface area contributed by atoms with Crippen molar-refractivity contribution in [3.8, 4) is 5.69 Å². The highest BCUT2D eigenvalue weighted by Gasteiger charge is 2.30. The zero-order chi connectivity index (χ0) is 18.9. The van der Waals surface area contributed by atoms with Gasteiger partial charge in [0, 0.05) is 11.6 Å². The minimum Gasteiger partial charge on any atom is -0.338 e. The Morgan fingerprint density at radius 3 is 2.68 bits per heavy atom. The van der Waals surface area contributed by atoms with Crippen LogP contribution in [0.25, 0.3) is 5.69 Å². The van der Waals surface area contributed by atoms with Crippen molar-refractivity contribution in [1.29, 1.82) is 0 Å². The molecule has 0 amide bonds. The smallest absolute Gasteiger partial charge is 0.239 e. The number of hydrogen-bond acceptors (Lipinski definition) is 7. The molecule has 0 bridgehead atoms. The summed E-state index contributed by atoms with van der Waals surface area (Å²) in [5.41, 5.74) is 1.08. The summed E-state index contributed by atoms with van der Waals surface area (Å²) in [5, 5.41) is 14.1. The summed E-state index contributed by atoms with van der Waals surface area (Å²) in [7, 11) is 0. The molecule has 0 N–H and O–H groups in total. The molecule has 3 aromatic rings. The van der Waals surface area contributed by atoms with E-state index in [0.717, 1.165) is 42.1 Å². The van der Waals surface area contributed by atoms with Gasteiger partial charge in [0.25, 0.3) is 0 Å². The van der Waals surface area contributed by atoms with Crippen LogP contribution in [0.3, 0.4) is 0 Å². The van der Waals surface area contributed by atoms with E-state index in [2.05, 4.69) is 48.9 Å². The van der Waals surface area contributed by atoms with Gasteiger partial charge in [-0.3, -0.25) is 9.47 Å². The molecule has 3 heterocycles. The maximum Gasteiger partial charge on any atom is 0.239 e. The van der Waals surface area contributed by atoms with Crippen LogP contribution in [0.1, 0.15) is 61.3 Å². The van der Waals surface area contributed by atoms with Crippen molar-refractivity contribution < 1.29 is 4.52 Å². The standard InChI is InChI=1S/C20H24N6OS/c1-14(19-21-18(24-27-19)15-9-10-15)28-20-23-22-17(13-25-11-5-6-12-25)26(20)16-7-3-2-4-8-16/h2-4,7-8,14-15H,5-6,9-13H2,1H3. The molecule has 2 aromatic heterocycles. The van der Waals surface area contributed by atoms with Gasteiger partial charge in [0.2, 0.25) is 5.89 Å². The lowest BCUT2D eigenvalue weighted by Crippen LogP contribution is -2.21. The normalized spacial score (nSPS) is 18.6. The van der Waals surface area contributed by atoms with E-state index in [-0.39, 0.29) is 5.25 Å². The molecule has 1 aromatic carbocycles. The summed E-state index contributed by atoms with van der Waals surface area (Å²) >= 11 is 1.62. The zero-order valence-corrected chi connectivity index (χ0v) is 16.8. The Morgan fingerprint density at radius 2 is 1.93 bits per heavy atom. The first-order valence-corrected chi connectivity index (χ1v) is 10.9. The molecule has 1 saturated heterocycles. The number of thioether (sulfide) groups is 1. The lowest BCUT2D eigenvalue weighted by molar-refractivity contribution is 0.319. The molecule has 7 nitrogen and oxygen atoms in total. The Labute approximate surface area is 168 Å². The Hall–Kier alpha value is -2.19. The van der Waals surface area contributed by atoms with Gasteiger partial charge < -0.3 is 4.52 Å². The Kier molecular flexibility index (Phi) is 4.90. The highest BCUT2D eigenvalue weighted by Crippen LogP contribution is 2.40. The molecule has 146 valence electrons. The number of hydrogen-bond donors (Lipinski definition) is 0. The number of para-hydroxylation sites is 1. The van der Waals surface area contributed by atoms with Crippen molar-refractivity contribution in [3.05, 3.63) is 47.9 Å². The summed E-state index contributed by atoms with van der Waals surface area (Å²) < 4.78 is 7.68. The van der Waals surface area contributed by atoms with E-state index in [0.29, 0.717) is 11.8 Å². The minimum absolute atomic E-state index is 0.0197. The monoisotopic (exact) mass is 396 g/mol. The molecule has 0 radical (unpaired) electrons. The zero-order valence-electron chi connectivity index (χ0n) is 16.0. The fraction of sp³-hybridized carbons (Fsp3) is 0.500. The van der Waals surface area contributed by atoms with Gasteiger partial charge in [0.1, 0.15) is 0 Å². The molecule has 1 saturated carbocycles. The van der Waals surface area contributed by atoms with Crippen molar-refractivity contribution in [1.82, 2.24) is 29.8 Å². The summed E-state index contributed by atoms with van der Waals surface area (Å²) in [6.45, 7) is 5.17. The number of aromatic nitrogens is 5. The van der Waals surface area contributed by atoms with E-state index in [9.17, 15) is 0 Å². The number of benzene rings is 1. The summed E-state index contributed by atoms with van der Waals surface area (Å²) in [6, 6.07) is 10.3. The van der Waals surface area contributed by atoms with Crippen LogP contribution in [0, 0.1) is 0 Å². The van der Waals surface area contributed by atoms with Crippen LogP contribution in [-0.2, 0) is 6.54 Å². The minimum atomic E-state index is 0.0197. The molecule has 0 spiro atoms. The van der Waals surface area contributed by atoms with E-state index in [1.165, 1.54) is 25.7 Å². The lowest BCUT2D eigenvalue weighted by Gasteiger charge is -2.16. The second kappa shape index (κ2) is 7.67. The van der Waals surface area contributed by atoms with E-state index >= 15 is 0 Å². The quantitative estimate of drug-likeness (QED) is 0.559. The van der Waals surface area contributed by atoms with Crippen LogP contribution in [0.4, 0.5) is 0 Å². The molecule has 1 aliphatic carbocycles. The maximum absolute atomic E-state index is 5.51. The average molecular weight is 397 g/mol. The average Bonchev–Trinajstić information content (AvgIpc) is 3.12. The lowest BCUT2D eigenvalue weighted by atomic mass is 10.3. The third-order valence-corrected chi connectivity index (χ3v) is 6.34. The van der Waals surface area contributed by atoms with Gasteiger partial charge in [-0.1, -0.05) is 35.1 Å². The van der Waals surface area contributed by atoms with Gasteiger partial charge >= 0.3 is 0 Å². The summed E-state index contributed by atoms with van der Waals surface area (Å²) in [4.78, 5) is 7.04. The van der Waals surface area contributed by atoms with Crippen LogP contribution in [-0.4, -0.2) is 42.9 Å². The Bertz CT molecular complexity index is 929. The topological polar surface area (TPSA) is 72.9 Å². The van der Waals surface area contributed by atoms with Gasteiger partial charge in [-0.15, -0.1) is 10.2 Å². The van der Waals surface area contributed by atoms with Gasteiger partial charge in [-0.2, -0.15) is 4.98 Å². The third-order valence-electron chi connectivity index (χ3n) is 5.31. The number of rotatable bonds is 7. The molecule has 8 heteroatoms. The van der Waals surface area contributed by atoms with E-state index in [4.69, 9.17) is 4.52 Å². The molecule has 1 unspecified atom stereocenters. The molecule has 1 aliphatic heterocycles. The maximum atomic E-state index is 5.51. The molecule has 2 fully saturated rings. The molecule has 1 atom stereocenters. The number of nitrogens with zero attached hydrogens (tertiary/aromatic N) is 6. The van der Waals surface area contributed by atoms with Crippen molar-refractivity contribution in [3.63, 3.8) is 0 Å². The molecular formula is C20H24N6OS. The third kappa shape index (κ3) is 3.71. The fourth-order valence-corrected chi connectivity index (χ4v) is 4.50. The van der Waals surface area contributed by atoms with Crippen molar-refractivity contribution in [2.75, 3.05) is 13.1 Å². The molecular weight excluding hydrogens is 372 g/mol. The number of likely N-dealkylation sites (tertiary alicyclic amines) is 1. The molecule has 28 heavy (non-hydrogen) atoms. The van der Waals surface area contributed by atoms with Crippen LogP contribution in [0.2, 0.25) is 0 Å². The van der Waals surface area contributed by atoms with Crippen LogP contribution >= 0.6 is 11.8 Å². The predicted octanol–water partition coefficient (Wildman–Crippen LogP) is 3.98. The van der Waals surface area contributed by atoms with E-state index in [1.54, 1.807) is 11.8 Å². The highest BCUT2D eigenvalue weighted by atomic mass is 32.2. The first-order chi connectivity index (χ1) is 13.8. The van der Waals surface area contributed by atoms with Crippen LogP contribution in [0.5, 0.6) is 0 Å². The fourth-order valence-electron chi connectivity index (χ4n) is 3.58. The van der Waals surface area contributed by atoms with Gasteiger partial charge in [-0.25, -0.2) is 0 Å². The van der Waals surface area contributed by atoms with Crippen molar-refractivity contribution >= 4 is 11.8 Å². The summed E-state index contributed by atoms with van der Waals surface area (Å²) in [6.07, 6.45) is 4.86. The van der Waals surface area contributed by atoms with Crippen LogP contribution in [0.15, 0.2) is 40.0 Å². The molecule has 5 rings (SSSR count).